The van der Waals surface area contributed by atoms with Crippen LogP contribution < -0.4 is 9.74 Å². The fraction of sp³-hybridized carbons (Fsp3) is 0.375. The van der Waals surface area contributed by atoms with Crippen LogP contribution in [0.25, 0.3) is 32.2 Å². The molecule has 1 saturated heterocycles. The molecule has 1 saturated carbocycles. The molecule has 2 aromatic carbocycles. The van der Waals surface area contributed by atoms with E-state index in [9.17, 15) is 4.79 Å². The van der Waals surface area contributed by atoms with Gasteiger partial charge in [-0.05, 0) is 73.2 Å². The van der Waals surface area contributed by atoms with Crippen LogP contribution in [0.1, 0.15) is 49.4 Å². The zero-order valence-electron chi connectivity index (χ0n) is 24.2. The fourth-order valence-electron chi connectivity index (χ4n) is 6.19. The van der Waals surface area contributed by atoms with Crippen LogP contribution in [0.5, 0.6) is 0 Å². The highest BCUT2D eigenvalue weighted by Gasteiger charge is 2.28. The summed E-state index contributed by atoms with van der Waals surface area (Å²) in [5.74, 6) is 1.44. The molecule has 0 unspecified atom stereocenters. The van der Waals surface area contributed by atoms with E-state index in [0.717, 1.165) is 69.9 Å². The Hall–Kier alpha value is -4.22. The molecular formula is C32H34N8O2S. The second-order valence-electron chi connectivity index (χ2n) is 11.3. The topological polar surface area (TPSA) is 102 Å². The summed E-state index contributed by atoms with van der Waals surface area (Å²) >= 11 is 1.50. The van der Waals surface area contributed by atoms with E-state index in [1.165, 1.54) is 43.4 Å². The summed E-state index contributed by atoms with van der Waals surface area (Å²) in [5, 5.41) is 18.3. The van der Waals surface area contributed by atoms with Gasteiger partial charge >= 0.3 is 5.97 Å². The molecule has 0 N–H and O–H groups in total. The van der Waals surface area contributed by atoms with Crippen molar-refractivity contribution in [3.63, 3.8) is 0 Å². The number of para-hydroxylation sites is 1. The highest BCUT2D eigenvalue weighted by molar-refractivity contribution is 7.17. The molecule has 43 heavy (non-hydrogen) atoms. The third-order valence-electron chi connectivity index (χ3n) is 8.83. The zero-order chi connectivity index (χ0) is 29.2. The number of benzene rings is 2. The number of piperazine rings is 1. The molecule has 2 aliphatic rings. The zero-order valence-corrected chi connectivity index (χ0v) is 25.0. The average molecular weight is 595 g/mol. The van der Waals surface area contributed by atoms with Crippen molar-refractivity contribution in [1.82, 2.24) is 35.2 Å². The van der Waals surface area contributed by atoms with E-state index in [0.29, 0.717) is 16.6 Å². The van der Waals surface area contributed by atoms with Gasteiger partial charge < -0.3 is 9.74 Å². The minimum absolute atomic E-state index is 0.401. The molecule has 5 aromatic rings. The molecular weight excluding hydrogens is 560 g/mol. The minimum Gasteiger partial charge on any atom is -0.354 e. The summed E-state index contributed by atoms with van der Waals surface area (Å²) < 4.78 is 0. The van der Waals surface area contributed by atoms with Crippen LogP contribution in [-0.4, -0.2) is 73.4 Å². The van der Waals surface area contributed by atoms with E-state index in [1.807, 2.05) is 36.5 Å². The monoisotopic (exact) mass is 594 g/mol. The van der Waals surface area contributed by atoms with Gasteiger partial charge in [0.1, 0.15) is 26.9 Å². The highest BCUT2D eigenvalue weighted by Crippen LogP contribution is 2.32. The molecule has 1 aliphatic heterocycles. The Morgan fingerprint density at radius 3 is 2.30 bits per heavy atom. The van der Waals surface area contributed by atoms with Gasteiger partial charge in [-0.1, -0.05) is 53.8 Å². The van der Waals surface area contributed by atoms with Crippen molar-refractivity contribution >= 4 is 34.2 Å². The molecule has 11 heteroatoms. The van der Waals surface area contributed by atoms with Crippen LogP contribution in [0.2, 0.25) is 0 Å². The lowest BCUT2D eigenvalue weighted by molar-refractivity contribution is 0.0409. The van der Waals surface area contributed by atoms with Crippen LogP contribution >= 0.6 is 11.3 Å². The lowest BCUT2D eigenvalue weighted by atomic mass is 9.84. The van der Waals surface area contributed by atoms with Crippen molar-refractivity contribution in [2.24, 2.45) is 5.92 Å². The Kier molecular flexibility index (Phi) is 7.82. The molecule has 0 atom stereocenters. The van der Waals surface area contributed by atoms with Crippen LogP contribution in [0, 0.1) is 5.92 Å². The number of aromatic nitrogens is 6. The van der Waals surface area contributed by atoms with Crippen LogP contribution in [0.4, 0.5) is 5.82 Å². The van der Waals surface area contributed by atoms with E-state index >= 15 is 0 Å². The Labute approximate surface area is 254 Å². The number of hydrogen-bond donors (Lipinski definition) is 0. The molecule has 10 nitrogen and oxygen atoms in total. The summed E-state index contributed by atoms with van der Waals surface area (Å²) in [6.45, 7) is 6.58. The Morgan fingerprint density at radius 2 is 1.58 bits per heavy atom. The van der Waals surface area contributed by atoms with Gasteiger partial charge in [0.2, 0.25) is 0 Å². The van der Waals surface area contributed by atoms with Crippen molar-refractivity contribution in [1.29, 1.82) is 0 Å². The molecule has 220 valence electrons. The van der Waals surface area contributed by atoms with E-state index in [2.05, 4.69) is 49.4 Å². The normalized spacial score (nSPS) is 19.5. The predicted octanol–water partition coefficient (Wildman–Crippen LogP) is 5.37. The van der Waals surface area contributed by atoms with Crippen molar-refractivity contribution in [2.45, 2.75) is 45.1 Å². The summed E-state index contributed by atoms with van der Waals surface area (Å²) in [4.78, 5) is 29.1. The number of nitrogens with zero attached hydrogens (tertiary/aromatic N) is 8. The maximum absolute atomic E-state index is 12.7. The van der Waals surface area contributed by atoms with Gasteiger partial charge in [-0.3, -0.25) is 4.90 Å². The molecule has 0 spiro atoms. The minimum atomic E-state index is -0.521. The number of pyridine rings is 1. The van der Waals surface area contributed by atoms with Gasteiger partial charge in [-0.25, -0.2) is 9.78 Å². The van der Waals surface area contributed by atoms with Gasteiger partial charge in [-0.2, -0.15) is 0 Å². The third-order valence-corrected chi connectivity index (χ3v) is 9.85. The van der Waals surface area contributed by atoms with E-state index in [4.69, 9.17) is 9.82 Å². The van der Waals surface area contributed by atoms with E-state index in [1.54, 1.807) is 18.2 Å². The maximum atomic E-state index is 12.7. The van der Waals surface area contributed by atoms with Gasteiger partial charge in [0.05, 0.1) is 5.56 Å². The van der Waals surface area contributed by atoms with Gasteiger partial charge in [0.15, 0.2) is 0 Å². The standard InChI is InChI=1S/C32H34N8O2S/c1-2-22-7-14-26(15-8-22)38-17-19-39(20-18-38)29-16-13-25(21-33-29)31-36-35-30(43-31)23-9-11-24(12-10-23)32(41)42-40-28-6-4-3-5-27(28)34-37-40/h3-6,9-13,16,21-22,26H,2,7-8,14-15,17-20H2,1H3. The second-order valence-corrected chi connectivity index (χ2v) is 12.3. The quantitative estimate of drug-likeness (QED) is 0.230. The van der Waals surface area contributed by atoms with Crippen molar-refractivity contribution < 1.29 is 9.63 Å². The summed E-state index contributed by atoms with van der Waals surface area (Å²) in [5.41, 5.74) is 3.49. The second kappa shape index (κ2) is 12.2. The number of rotatable bonds is 7. The number of carbonyl (C=O) groups is 1. The van der Waals surface area contributed by atoms with Crippen molar-refractivity contribution in [3.8, 4) is 21.1 Å². The molecule has 3 aromatic heterocycles. The molecule has 4 heterocycles. The first-order valence-electron chi connectivity index (χ1n) is 15.1. The maximum Gasteiger partial charge on any atom is 0.365 e. The van der Waals surface area contributed by atoms with E-state index in [-0.39, 0.29) is 0 Å². The van der Waals surface area contributed by atoms with Gasteiger partial charge in [0, 0.05) is 49.5 Å². The molecule has 0 amide bonds. The summed E-state index contributed by atoms with van der Waals surface area (Å²) in [6, 6.07) is 19.3. The first kappa shape index (κ1) is 27.6. The number of fused-ring (bicyclic) bond motifs is 1. The predicted molar refractivity (Wildman–Crippen MR) is 167 cm³/mol. The highest BCUT2D eigenvalue weighted by atomic mass is 32.1. The SMILES string of the molecule is CCC1CCC(N2CCN(c3ccc(-c4nnc(-c5ccc(C(=O)On6nnc7ccccc76)cc5)s4)cn3)CC2)CC1. The number of hydrogen-bond acceptors (Lipinski definition) is 10. The summed E-state index contributed by atoms with van der Waals surface area (Å²) in [6.07, 6.45) is 8.71. The van der Waals surface area contributed by atoms with Crippen LogP contribution in [0.3, 0.4) is 0 Å². The van der Waals surface area contributed by atoms with Crippen molar-refractivity contribution in [2.75, 3.05) is 31.1 Å². The van der Waals surface area contributed by atoms with Gasteiger partial charge in [-0.15, -0.1) is 15.3 Å². The van der Waals surface area contributed by atoms with Crippen LogP contribution in [0.15, 0.2) is 66.9 Å². The average Bonchev–Trinajstić information content (AvgIpc) is 3.73. The third kappa shape index (κ3) is 5.87. The molecule has 7 rings (SSSR count). The van der Waals surface area contributed by atoms with Crippen molar-refractivity contribution in [3.05, 3.63) is 72.4 Å². The molecule has 2 fully saturated rings. The molecule has 1 aliphatic carbocycles. The first-order chi connectivity index (χ1) is 21.1. The molecule has 0 bridgehead atoms. The lowest BCUT2D eigenvalue weighted by Crippen LogP contribution is -2.51. The smallest absolute Gasteiger partial charge is 0.354 e. The number of anilines is 1. The van der Waals surface area contributed by atoms with Gasteiger partial charge in [0.25, 0.3) is 0 Å². The Balaban J connectivity index is 0.952. The Bertz CT molecular complexity index is 1680. The first-order valence-corrected chi connectivity index (χ1v) is 15.9. The largest absolute Gasteiger partial charge is 0.365 e. The van der Waals surface area contributed by atoms with Crippen LogP contribution in [-0.2, 0) is 0 Å². The molecule has 0 radical (unpaired) electrons. The summed E-state index contributed by atoms with van der Waals surface area (Å²) in [7, 11) is 0. The fourth-order valence-corrected chi connectivity index (χ4v) is 7.02. The lowest BCUT2D eigenvalue weighted by Gasteiger charge is -2.42. The number of carbonyl (C=O) groups excluding carboxylic acids is 1. The Morgan fingerprint density at radius 1 is 0.860 bits per heavy atom. The van der Waals surface area contributed by atoms with E-state index < -0.39 is 5.97 Å².